The van der Waals surface area contributed by atoms with Gasteiger partial charge < -0.3 is 0 Å². The highest BCUT2D eigenvalue weighted by Crippen LogP contribution is 2.37. The molecule has 0 fully saturated rings. The van der Waals surface area contributed by atoms with Crippen LogP contribution in [-0.2, 0) is 0 Å². The Kier molecular flexibility index (Phi) is 5.09. The molecule has 4 aromatic carbocycles. The maximum atomic E-state index is 5.23. The molecule has 0 aliphatic heterocycles. The van der Waals surface area contributed by atoms with Crippen molar-refractivity contribution >= 4 is 0 Å². The Balaban J connectivity index is 1.72. The summed E-state index contributed by atoms with van der Waals surface area (Å²) in [5, 5.41) is 0. The summed E-state index contributed by atoms with van der Waals surface area (Å²) in [7, 11) is 0. The van der Waals surface area contributed by atoms with Gasteiger partial charge in [-0.1, -0.05) is 121 Å². The van der Waals surface area contributed by atoms with E-state index in [-0.39, 0.29) is 0 Å². The van der Waals surface area contributed by atoms with E-state index in [1.807, 2.05) is 60.9 Å². The minimum absolute atomic E-state index is 0.854. The summed E-state index contributed by atoms with van der Waals surface area (Å²) >= 11 is 0. The van der Waals surface area contributed by atoms with Crippen molar-refractivity contribution in [2.45, 2.75) is 0 Å². The Bertz CT molecular complexity index is 1520. The Hall–Kier alpha value is -4.70. The first-order valence-corrected chi connectivity index (χ1v) is 11.3. The second-order valence-electron chi connectivity index (χ2n) is 8.00. The van der Waals surface area contributed by atoms with Gasteiger partial charge in [0.25, 0.3) is 0 Å². The van der Waals surface area contributed by atoms with Gasteiger partial charge >= 0.3 is 0 Å². The molecule has 34 heavy (non-hydrogen) atoms. The van der Waals surface area contributed by atoms with Crippen LogP contribution in [0, 0.1) is 0 Å². The molecule has 4 heteroatoms. The van der Waals surface area contributed by atoms with Gasteiger partial charge in [0.05, 0.1) is 11.4 Å². The first-order valence-electron chi connectivity index (χ1n) is 11.3. The molecule has 0 bridgehead atoms. The predicted molar refractivity (Wildman–Crippen MR) is 137 cm³/mol. The minimum Gasteiger partial charge on any atom is -0.235 e. The zero-order chi connectivity index (χ0) is 22.7. The third-order valence-corrected chi connectivity index (χ3v) is 5.85. The molecule has 6 rings (SSSR count). The summed E-state index contributed by atoms with van der Waals surface area (Å²) in [5.41, 5.74) is 6.18. The van der Waals surface area contributed by atoms with Crippen LogP contribution in [0.15, 0.2) is 134 Å². The molecular formula is C30H22N4. The van der Waals surface area contributed by atoms with E-state index in [4.69, 9.17) is 9.97 Å². The van der Waals surface area contributed by atoms with Crippen LogP contribution >= 0.6 is 0 Å². The monoisotopic (exact) mass is 438 g/mol. The van der Waals surface area contributed by atoms with Gasteiger partial charge in [-0.15, -0.1) is 0 Å². The Morgan fingerprint density at radius 2 is 0.941 bits per heavy atom. The molecule has 0 saturated carbocycles. The van der Waals surface area contributed by atoms with Gasteiger partial charge in [0.1, 0.15) is 0 Å². The van der Waals surface area contributed by atoms with Crippen LogP contribution < -0.4 is 0 Å². The highest BCUT2D eigenvalue weighted by atomic mass is 15.5. The Morgan fingerprint density at radius 3 is 1.50 bits per heavy atom. The molecule has 0 aliphatic carbocycles. The number of rotatable bonds is 5. The maximum absolute atomic E-state index is 5.23. The molecule has 0 amide bonds. The van der Waals surface area contributed by atoms with Gasteiger partial charge in [0.15, 0.2) is 11.6 Å². The van der Waals surface area contributed by atoms with E-state index in [1.165, 1.54) is 0 Å². The smallest absolute Gasteiger partial charge is 0.160 e. The number of hydrogen-bond acceptors (Lipinski definition) is 2. The molecule has 0 saturated heterocycles. The summed E-state index contributed by atoms with van der Waals surface area (Å²) in [4.78, 5) is 9.96. The highest BCUT2D eigenvalue weighted by Gasteiger charge is 2.24. The van der Waals surface area contributed by atoms with E-state index < -0.39 is 0 Å². The predicted octanol–water partition coefficient (Wildman–Crippen LogP) is 7.06. The Morgan fingerprint density at radius 1 is 0.471 bits per heavy atom. The number of hydrogen-bond donors (Lipinski definition) is 0. The first kappa shape index (κ1) is 19.9. The standard InChI is InChI=1S/C30H22N4/c1-5-13-23(14-6-1)27-28(24-15-7-2-8-16-24)34(30(32-27)26-19-11-4-12-20-26)33-22-21-31-29(33)25-17-9-3-10-18-25/h1-22H. The third kappa shape index (κ3) is 3.51. The SMILES string of the molecule is c1ccc(-c2nc(-c3ccccc3)n(-n3ccnc3-c3ccccc3)c2-c2ccccc2)cc1. The number of aromatic nitrogens is 4. The lowest BCUT2D eigenvalue weighted by Gasteiger charge is -2.17. The molecular weight excluding hydrogens is 416 g/mol. The van der Waals surface area contributed by atoms with Crippen LogP contribution in [0.5, 0.6) is 0 Å². The highest BCUT2D eigenvalue weighted by molar-refractivity contribution is 5.82. The first-order chi connectivity index (χ1) is 16.9. The summed E-state index contributed by atoms with van der Waals surface area (Å²) < 4.78 is 4.28. The second-order valence-corrected chi connectivity index (χ2v) is 8.00. The average molecular weight is 439 g/mol. The van der Waals surface area contributed by atoms with Crippen molar-refractivity contribution in [1.29, 1.82) is 0 Å². The molecule has 162 valence electrons. The van der Waals surface area contributed by atoms with E-state index in [9.17, 15) is 0 Å². The fourth-order valence-corrected chi connectivity index (χ4v) is 4.30. The van der Waals surface area contributed by atoms with Crippen molar-refractivity contribution in [1.82, 2.24) is 19.3 Å². The van der Waals surface area contributed by atoms with Gasteiger partial charge in [-0.25, -0.2) is 19.3 Å². The van der Waals surface area contributed by atoms with Gasteiger partial charge in [0.2, 0.25) is 0 Å². The lowest BCUT2D eigenvalue weighted by Crippen LogP contribution is -2.13. The van der Waals surface area contributed by atoms with Crippen LogP contribution in [0.1, 0.15) is 0 Å². The lowest BCUT2D eigenvalue weighted by molar-refractivity contribution is 0.680. The largest absolute Gasteiger partial charge is 0.235 e. The van der Waals surface area contributed by atoms with E-state index in [2.05, 4.69) is 82.1 Å². The van der Waals surface area contributed by atoms with Crippen molar-refractivity contribution in [3.05, 3.63) is 134 Å². The molecule has 4 nitrogen and oxygen atoms in total. The van der Waals surface area contributed by atoms with Crippen molar-refractivity contribution in [2.24, 2.45) is 0 Å². The molecule has 2 aromatic heterocycles. The van der Waals surface area contributed by atoms with E-state index in [0.717, 1.165) is 45.3 Å². The number of imidazole rings is 2. The fourth-order valence-electron chi connectivity index (χ4n) is 4.30. The molecule has 0 atom stereocenters. The topological polar surface area (TPSA) is 35.6 Å². The average Bonchev–Trinajstić information content (AvgIpc) is 3.56. The second kappa shape index (κ2) is 8.68. The summed E-state index contributed by atoms with van der Waals surface area (Å²) in [6.45, 7) is 0. The zero-order valence-electron chi connectivity index (χ0n) is 18.5. The van der Waals surface area contributed by atoms with Gasteiger partial charge in [0, 0.05) is 34.6 Å². The fraction of sp³-hybridized carbons (Fsp3) is 0. The molecule has 0 unspecified atom stereocenters. The van der Waals surface area contributed by atoms with Crippen LogP contribution in [0.3, 0.4) is 0 Å². The van der Waals surface area contributed by atoms with Crippen LogP contribution in [0.25, 0.3) is 45.3 Å². The maximum Gasteiger partial charge on any atom is 0.160 e. The number of nitrogens with zero attached hydrogens (tertiary/aromatic N) is 4. The van der Waals surface area contributed by atoms with Gasteiger partial charge in [-0.2, -0.15) is 0 Å². The van der Waals surface area contributed by atoms with Crippen molar-refractivity contribution in [3.63, 3.8) is 0 Å². The van der Waals surface area contributed by atoms with E-state index in [1.54, 1.807) is 0 Å². The van der Waals surface area contributed by atoms with Gasteiger partial charge in [-0.05, 0) is 0 Å². The normalized spacial score (nSPS) is 10.9. The summed E-state index contributed by atoms with van der Waals surface area (Å²) in [5.74, 6) is 1.71. The lowest BCUT2D eigenvalue weighted by atomic mass is 10.1. The van der Waals surface area contributed by atoms with Gasteiger partial charge in [-0.3, -0.25) is 0 Å². The van der Waals surface area contributed by atoms with E-state index >= 15 is 0 Å². The van der Waals surface area contributed by atoms with Crippen LogP contribution in [0.4, 0.5) is 0 Å². The van der Waals surface area contributed by atoms with Crippen LogP contribution in [0.2, 0.25) is 0 Å². The molecule has 0 N–H and O–H groups in total. The Labute approximate surface area is 198 Å². The van der Waals surface area contributed by atoms with Crippen molar-refractivity contribution in [2.75, 3.05) is 0 Å². The van der Waals surface area contributed by atoms with Crippen LogP contribution in [-0.4, -0.2) is 19.3 Å². The number of benzene rings is 4. The quantitative estimate of drug-likeness (QED) is 0.289. The molecule has 0 radical (unpaired) electrons. The molecule has 0 aliphatic rings. The molecule has 2 heterocycles. The minimum atomic E-state index is 0.854. The molecule has 0 spiro atoms. The third-order valence-electron chi connectivity index (χ3n) is 5.85. The van der Waals surface area contributed by atoms with E-state index in [0.29, 0.717) is 0 Å². The summed E-state index contributed by atoms with van der Waals surface area (Å²) in [6, 6.07) is 41.4. The zero-order valence-corrected chi connectivity index (χ0v) is 18.5. The summed E-state index contributed by atoms with van der Waals surface area (Å²) in [6.07, 6.45) is 3.84. The van der Waals surface area contributed by atoms with Crippen molar-refractivity contribution in [3.8, 4) is 45.3 Å². The molecule has 6 aromatic rings. The van der Waals surface area contributed by atoms with Crippen molar-refractivity contribution < 1.29 is 0 Å².